The predicted octanol–water partition coefficient (Wildman–Crippen LogP) is 3.94. The molecule has 2 nitrogen and oxygen atoms in total. The van der Waals surface area contributed by atoms with Gasteiger partial charge in [-0.05, 0) is 31.0 Å². The van der Waals surface area contributed by atoms with E-state index >= 15 is 0 Å². The van der Waals surface area contributed by atoms with Gasteiger partial charge in [-0.15, -0.1) is 0 Å². The summed E-state index contributed by atoms with van der Waals surface area (Å²) in [5.41, 5.74) is 1.05. The molecule has 6 heteroatoms. The van der Waals surface area contributed by atoms with Crippen LogP contribution < -0.4 is 5.32 Å². The summed E-state index contributed by atoms with van der Waals surface area (Å²) in [5, 5.41) is 3.22. The van der Waals surface area contributed by atoms with Gasteiger partial charge in [0, 0.05) is 10.5 Å². The fourth-order valence-electron chi connectivity index (χ4n) is 1.78. The van der Waals surface area contributed by atoms with Crippen molar-refractivity contribution >= 4 is 15.9 Å². The summed E-state index contributed by atoms with van der Waals surface area (Å²) in [4.78, 5) is 0. The van der Waals surface area contributed by atoms with Crippen molar-refractivity contribution in [1.29, 1.82) is 0 Å². The van der Waals surface area contributed by atoms with Gasteiger partial charge in [0.1, 0.15) is 6.61 Å². The molecule has 0 fully saturated rings. The summed E-state index contributed by atoms with van der Waals surface area (Å²) in [6.45, 7) is 1.61. The highest BCUT2D eigenvalue weighted by atomic mass is 79.9. The molecule has 1 unspecified atom stereocenters. The summed E-state index contributed by atoms with van der Waals surface area (Å²) in [7, 11) is 0. The van der Waals surface area contributed by atoms with Crippen LogP contribution >= 0.6 is 15.9 Å². The van der Waals surface area contributed by atoms with Gasteiger partial charge < -0.3 is 10.1 Å². The predicted molar refractivity (Wildman–Crippen MR) is 76.8 cm³/mol. The summed E-state index contributed by atoms with van der Waals surface area (Å²) in [6.07, 6.45) is -2.73. The number of nitrogens with one attached hydrogen (secondary N) is 1. The third-order valence-electron chi connectivity index (χ3n) is 2.69. The Morgan fingerprint density at radius 3 is 2.60 bits per heavy atom. The molecule has 1 atom stereocenters. The lowest BCUT2D eigenvalue weighted by atomic mass is 10.1. The van der Waals surface area contributed by atoms with Gasteiger partial charge >= 0.3 is 6.18 Å². The van der Waals surface area contributed by atoms with Crippen molar-refractivity contribution in [2.24, 2.45) is 0 Å². The van der Waals surface area contributed by atoms with Gasteiger partial charge in [0.05, 0.1) is 6.61 Å². The van der Waals surface area contributed by atoms with Crippen molar-refractivity contribution in [3.63, 3.8) is 0 Å². The van der Waals surface area contributed by atoms with Gasteiger partial charge in [0.15, 0.2) is 0 Å². The lowest BCUT2D eigenvalue weighted by molar-refractivity contribution is -0.175. The minimum atomic E-state index is -4.28. The van der Waals surface area contributed by atoms with Gasteiger partial charge in [-0.1, -0.05) is 41.1 Å². The number of rotatable bonds is 8. The molecule has 0 bridgehead atoms. The molecule has 0 heterocycles. The highest BCUT2D eigenvalue weighted by Crippen LogP contribution is 2.18. The van der Waals surface area contributed by atoms with Crippen LogP contribution in [0.1, 0.15) is 18.9 Å². The first-order valence-electron chi connectivity index (χ1n) is 6.53. The molecule has 20 heavy (non-hydrogen) atoms. The van der Waals surface area contributed by atoms with Gasteiger partial charge in [0.2, 0.25) is 0 Å². The third kappa shape index (κ3) is 7.26. The van der Waals surface area contributed by atoms with Crippen molar-refractivity contribution in [1.82, 2.24) is 5.32 Å². The molecule has 1 rings (SSSR count). The van der Waals surface area contributed by atoms with Crippen LogP contribution in [0.2, 0.25) is 0 Å². The number of halogens is 4. The van der Waals surface area contributed by atoms with Crippen LogP contribution in [0.5, 0.6) is 0 Å². The first kappa shape index (κ1) is 17.5. The van der Waals surface area contributed by atoms with Gasteiger partial charge in [0.25, 0.3) is 0 Å². The van der Waals surface area contributed by atoms with E-state index in [-0.39, 0.29) is 12.6 Å². The average Bonchev–Trinajstić information content (AvgIpc) is 2.36. The molecule has 0 aromatic heterocycles. The second-order valence-electron chi connectivity index (χ2n) is 4.58. The zero-order chi connectivity index (χ0) is 15.0. The molecular weight excluding hydrogens is 335 g/mol. The third-order valence-corrected chi connectivity index (χ3v) is 3.47. The van der Waals surface area contributed by atoms with Gasteiger partial charge in [-0.25, -0.2) is 0 Å². The van der Waals surface area contributed by atoms with Crippen molar-refractivity contribution < 1.29 is 17.9 Å². The molecule has 0 aliphatic carbocycles. The Hall–Kier alpha value is -0.590. The molecule has 0 saturated carbocycles. The van der Waals surface area contributed by atoms with Crippen molar-refractivity contribution in [3.05, 3.63) is 34.3 Å². The van der Waals surface area contributed by atoms with Crippen LogP contribution in [0.15, 0.2) is 28.7 Å². The maximum absolute atomic E-state index is 12.1. The second kappa shape index (κ2) is 8.64. The molecule has 1 aromatic rings. The Bertz CT molecular complexity index is 398. The lowest BCUT2D eigenvalue weighted by Gasteiger charge is -2.20. The van der Waals surface area contributed by atoms with Crippen LogP contribution in [0.25, 0.3) is 0 Å². The SMILES string of the molecule is CCCNC(COCC(F)(F)F)Cc1ccccc1Br. The largest absolute Gasteiger partial charge is 0.411 e. The average molecular weight is 354 g/mol. The number of alkyl halides is 3. The monoisotopic (exact) mass is 353 g/mol. The van der Waals surface area contributed by atoms with Gasteiger partial charge in [-0.2, -0.15) is 13.2 Å². The number of hydrogen-bond donors (Lipinski definition) is 1. The Kier molecular flexibility index (Phi) is 7.55. The number of hydrogen-bond acceptors (Lipinski definition) is 2. The van der Waals surface area contributed by atoms with E-state index in [1.165, 1.54) is 0 Å². The fourth-order valence-corrected chi connectivity index (χ4v) is 2.23. The Morgan fingerprint density at radius 2 is 2.00 bits per heavy atom. The molecule has 1 N–H and O–H groups in total. The molecule has 0 amide bonds. The Labute approximate surface area is 125 Å². The van der Waals surface area contributed by atoms with E-state index in [2.05, 4.69) is 21.2 Å². The Balaban J connectivity index is 2.53. The zero-order valence-corrected chi connectivity index (χ0v) is 12.9. The first-order valence-corrected chi connectivity index (χ1v) is 7.33. The summed E-state index contributed by atoms with van der Waals surface area (Å²) in [5.74, 6) is 0. The summed E-state index contributed by atoms with van der Waals surface area (Å²) in [6, 6.07) is 7.56. The topological polar surface area (TPSA) is 21.3 Å². The van der Waals surface area contributed by atoms with E-state index < -0.39 is 12.8 Å². The van der Waals surface area contributed by atoms with E-state index in [4.69, 9.17) is 4.74 Å². The number of ether oxygens (including phenoxy) is 1. The highest BCUT2D eigenvalue weighted by molar-refractivity contribution is 9.10. The van der Waals surface area contributed by atoms with Crippen molar-refractivity contribution in [3.8, 4) is 0 Å². The van der Waals surface area contributed by atoms with E-state index in [1.54, 1.807) is 0 Å². The zero-order valence-electron chi connectivity index (χ0n) is 11.3. The van der Waals surface area contributed by atoms with E-state index in [0.717, 1.165) is 23.0 Å². The van der Waals surface area contributed by atoms with Crippen LogP contribution in [-0.2, 0) is 11.2 Å². The van der Waals surface area contributed by atoms with Crippen LogP contribution in [-0.4, -0.2) is 32.0 Å². The minimum absolute atomic E-state index is 0.0425. The summed E-state index contributed by atoms with van der Waals surface area (Å²) >= 11 is 3.44. The minimum Gasteiger partial charge on any atom is -0.370 e. The van der Waals surface area contributed by atoms with Crippen LogP contribution in [0, 0.1) is 0 Å². The van der Waals surface area contributed by atoms with Crippen molar-refractivity contribution in [2.45, 2.75) is 32.0 Å². The standard InChI is InChI=1S/C14H19BrF3NO/c1-2-7-19-12(9-20-10-14(16,17)18)8-11-5-3-4-6-13(11)15/h3-6,12,19H,2,7-10H2,1H3. The van der Waals surface area contributed by atoms with E-state index in [1.807, 2.05) is 31.2 Å². The highest BCUT2D eigenvalue weighted by Gasteiger charge is 2.28. The number of benzene rings is 1. The molecule has 1 aromatic carbocycles. The Morgan fingerprint density at radius 1 is 1.30 bits per heavy atom. The van der Waals surface area contributed by atoms with E-state index in [0.29, 0.717) is 6.42 Å². The maximum atomic E-state index is 12.1. The molecular formula is C14H19BrF3NO. The fraction of sp³-hybridized carbons (Fsp3) is 0.571. The molecule has 114 valence electrons. The van der Waals surface area contributed by atoms with Crippen LogP contribution in [0.3, 0.4) is 0 Å². The van der Waals surface area contributed by atoms with Gasteiger partial charge in [-0.3, -0.25) is 0 Å². The molecule has 0 spiro atoms. The first-order chi connectivity index (χ1) is 9.42. The molecule has 0 aliphatic rings. The maximum Gasteiger partial charge on any atom is 0.411 e. The summed E-state index contributed by atoms with van der Waals surface area (Å²) < 4.78 is 42.0. The normalized spacial score (nSPS) is 13.4. The molecule has 0 radical (unpaired) electrons. The van der Waals surface area contributed by atoms with Crippen molar-refractivity contribution in [2.75, 3.05) is 19.8 Å². The lowest BCUT2D eigenvalue weighted by Crippen LogP contribution is -2.37. The molecule has 0 saturated heterocycles. The smallest absolute Gasteiger partial charge is 0.370 e. The second-order valence-corrected chi connectivity index (χ2v) is 5.43. The van der Waals surface area contributed by atoms with E-state index in [9.17, 15) is 13.2 Å². The molecule has 0 aliphatic heterocycles. The quantitative estimate of drug-likeness (QED) is 0.764. The van der Waals surface area contributed by atoms with Crippen LogP contribution in [0.4, 0.5) is 13.2 Å².